The number of ketones is 1. The summed E-state index contributed by atoms with van der Waals surface area (Å²) in [6.45, 7) is 0. The van der Waals surface area contributed by atoms with Gasteiger partial charge in [-0.3, -0.25) is 4.79 Å². The van der Waals surface area contributed by atoms with E-state index in [9.17, 15) is 13.6 Å². The van der Waals surface area contributed by atoms with Gasteiger partial charge in [0.1, 0.15) is 0 Å². The highest BCUT2D eigenvalue weighted by molar-refractivity contribution is 7.80. The van der Waals surface area contributed by atoms with E-state index in [0.29, 0.717) is 5.56 Å². The van der Waals surface area contributed by atoms with Gasteiger partial charge in [0, 0.05) is 16.9 Å². The van der Waals surface area contributed by atoms with Crippen LogP contribution in [0.25, 0.3) is 0 Å². The van der Waals surface area contributed by atoms with E-state index in [1.54, 1.807) is 6.07 Å². The zero-order chi connectivity index (χ0) is 11.4. The molecule has 0 aliphatic carbocycles. The highest BCUT2D eigenvalue weighted by Crippen LogP contribution is 2.29. The number of hydrogen-bond donors (Lipinski definition) is 1. The fraction of sp³-hybridized carbons (Fsp3) is 0.300. The van der Waals surface area contributed by atoms with Crippen molar-refractivity contribution in [1.29, 1.82) is 0 Å². The van der Waals surface area contributed by atoms with Crippen LogP contribution in [0.3, 0.4) is 0 Å². The first kappa shape index (κ1) is 12.5. The lowest BCUT2D eigenvalue weighted by atomic mass is 10.0. The molecule has 0 fully saturated rings. The largest absolute Gasteiger partial charge is 0.298 e. The molecule has 0 saturated carbocycles. The molecule has 0 aliphatic rings. The fourth-order valence-corrected chi connectivity index (χ4v) is 1.69. The standard InChI is InChI=1S/C10H9ClF2OS/c11-5-7(14)4-6-2-1-3-8(15)9(6)10(12)13/h1-3,10,15H,4-5H2. The topological polar surface area (TPSA) is 17.1 Å². The van der Waals surface area contributed by atoms with Gasteiger partial charge in [-0.25, -0.2) is 8.78 Å². The molecule has 0 aliphatic heterocycles. The van der Waals surface area contributed by atoms with Gasteiger partial charge >= 0.3 is 0 Å². The van der Waals surface area contributed by atoms with Gasteiger partial charge in [0.05, 0.1) is 5.88 Å². The fourth-order valence-electron chi connectivity index (χ4n) is 1.27. The highest BCUT2D eigenvalue weighted by atomic mass is 35.5. The maximum Gasteiger partial charge on any atom is 0.265 e. The number of carbonyl (C=O) groups is 1. The predicted octanol–water partition coefficient (Wildman–Crippen LogP) is 3.26. The zero-order valence-corrected chi connectivity index (χ0v) is 9.36. The Hall–Kier alpha value is -0.610. The Bertz CT molecular complexity index is 368. The lowest BCUT2D eigenvalue weighted by molar-refractivity contribution is -0.116. The number of benzene rings is 1. The van der Waals surface area contributed by atoms with Crippen LogP contribution in [0.1, 0.15) is 17.6 Å². The maximum atomic E-state index is 12.6. The van der Waals surface area contributed by atoms with Gasteiger partial charge in [0.2, 0.25) is 0 Å². The molecule has 0 N–H and O–H groups in total. The Morgan fingerprint density at radius 2 is 2.13 bits per heavy atom. The number of alkyl halides is 3. The normalized spacial score (nSPS) is 10.7. The number of thiol groups is 1. The lowest BCUT2D eigenvalue weighted by Crippen LogP contribution is -2.07. The van der Waals surface area contributed by atoms with Gasteiger partial charge in [-0.1, -0.05) is 12.1 Å². The average molecular weight is 251 g/mol. The molecule has 0 amide bonds. The Kier molecular flexibility index (Phi) is 4.54. The smallest absolute Gasteiger partial charge is 0.265 e. The molecule has 0 spiro atoms. The molecule has 5 heteroatoms. The highest BCUT2D eigenvalue weighted by Gasteiger charge is 2.17. The Morgan fingerprint density at radius 1 is 1.47 bits per heavy atom. The van der Waals surface area contributed by atoms with Gasteiger partial charge < -0.3 is 0 Å². The summed E-state index contributed by atoms with van der Waals surface area (Å²) in [4.78, 5) is 11.3. The van der Waals surface area contributed by atoms with E-state index in [2.05, 4.69) is 12.6 Å². The zero-order valence-electron chi connectivity index (χ0n) is 7.71. The second-order valence-corrected chi connectivity index (χ2v) is 3.75. The van der Waals surface area contributed by atoms with Crippen molar-refractivity contribution < 1.29 is 13.6 Å². The van der Waals surface area contributed by atoms with Crippen molar-refractivity contribution in [3.05, 3.63) is 29.3 Å². The molecule has 0 atom stereocenters. The van der Waals surface area contributed by atoms with Crippen LogP contribution >= 0.6 is 24.2 Å². The van der Waals surface area contributed by atoms with E-state index < -0.39 is 6.43 Å². The summed E-state index contributed by atoms with van der Waals surface area (Å²) in [7, 11) is 0. The molecule has 1 aromatic carbocycles. The molecule has 15 heavy (non-hydrogen) atoms. The predicted molar refractivity (Wildman–Crippen MR) is 58.1 cm³/mol. The van der Waals surface area contributed by atoms with E-state index in [-0.39, 0.29) is 28.5 Å². The number of halogens is 3. The molecular formula is C10H9ClF2OS. The summed E-state index contributed by atoms with van der Waals surface area (Å²) >= 11 is 9.25. The monoisotopic (exact) mass is 250 g/mol. The van der Waals surface area contributed by atoms with Crippen LogP contribution in [0.5, 0.6) is 0 Å². The van der Waals surface area contributed by atoms with E-state index in [1.165, 1.54) is 12.1 Å². The summed E-state index contributed by atoms with van der Waals surface area (Å²) in [5.74, 6) is -0.447. The number of hydrogen-bond acceptors (Lipinski definition) is 2. The van der Waals surface area contributed by atoms with Crippen molar-refractivity contribution in [3.8, 4) is 0 Å². The van der Waals surface area contributed by atoms with Crippen molar-refractivity contribution in [2.24, 2.45) is 0 Å². The lowest BCUT2D eigenvalue weighted by Gasteiger charge is -2.09. The third kappa shape index (κ3) is 3.18. The summed E-state index contributed by atoms with van der Waals surface area (Å²) in [6.07, 6.45) is -2.70. The van der Waals surface area contributed by atoms with Crippen molar-refractivity contribution in [2.75, 3.05) is 5.88 Å². The number of rotatable bonds is 4. The second-order valence-electron chi connectivity index (χ2n) is 3.00. The van der Waals surface area contributed by atoms with Crippen LogP contribution in [0.15, 0.2) is 23.1 Å². The Labute approximate surface area is 96.8 Å². The Morgan fingerprint density at radius 3 is 2.67 bits per heavy atom. The third-order valence-electron chi connectivity index (χ3n) is 1.93. The van der Waals surface area contributed by atoms with E-state index >= 15 is 0 Å². The molecule has 1 nitrogen and oxygen atoms in total. The first-order valence-corrected chi connectivity index (χ1v) is 5.21. The third-order valence-corrected chi connectivity index (χ3v) is 2.62. The first-order valence-electron chi connectivity index (χ1n) is 4.22. The van der Waals surface area contributed by atoms with Crippen molar-refractivity contribution >= 4 is 30.0 Å². The van der Waals surface area contributed by atoms with Gasteiger partial charge in [0.15, 0.2) is 5.78 Å². The quantitative estimate of drug-likeness (QED) is 0.641. The van der Waals surface area contributed by atoms with Crippen LogP contribution in [-0.4, -0.2) is 11.7 Å². The molecule has 1 aromatic rings. The van der Waals surface area contributed by atoms with Gasteiger partial charge in [-0.15, -0.1) is 24.2 Å². The van der Waals surface area contributed by atoms with E-state index in [1.807, 2.05) is 0 Å². The maximum absolute atomic E-state index is 12.6. The van der Waals surface area contributed by atoms with Crippen molar-refractivity contribution in [2.45, 2.75) is 17.7 Å². The van der Waals surface area contributed by atoms with Crippen LogP contribution in [0.2, 0.25) is 0 Å². The number of Topliss-reactive ketones (excluding diaryl/α,β-unsaturated/α-hetero) is 1. The van der Waals surface area contributed by atoms with Crippen LogP contribution in [0, 0.1) is 0 Å². The van der Waals surface area contributed by atoms with Gasteiger partial charge in [0.25, 0.3) is 6.43 Å². The molecule has 0 aromatic heterocycles. The molecule has 0 radical (unpaired) electrons. The van der Waals surface area contributed by atoms with Crippen LogP contribution in [-0.2, 0) is 11.2 Å². The summed E-state index contributed by atoms with van der Waals surface area (Å²) in [5, 5.41) is 0. The van der Waals surface area contributed by atoms with Crippen molar-refractivity contribution in [1.82, 2.24) is 0 Å². The average Bonchev–Trinajstić information content (AvgIpc) is 2.17. The minimum Gasteiger partial charge on any atom is -0.298 e. The molecule has 82 valence electrons. The SMILES string of the molecule is O=C(CCl)Cc1cccc(S)c1C(F)F. The van der Waals surface area contributed by atoms with E-state index in [4.69, 9.17) is 11.6 Å². The van der Waals surface area contributed by atoms with Gasteiger partial charge in [-0.2, -0.15) is 0 Å². The number of carbonyl (C=O) groups excluding carboxylic acids is 1. The molecule has 0 unspecified atom stereocenters. The van der Waals surface area contributed by atoms with Crippen LogP contribution < -0.4 is 0 Å². The molecule has 0 bridgehead atoms. The second kappa shape index (κ2) is 5.47. The van der Waals surface area contributed by atoms with Gasteiger partial charge in [-0.05, 0) is 11.6 Å². The minimum atomic E-state index is -2.63. The molecular weight excluding hydrogens is 242 g/mol. The summed E-state index contributed by atoms with van der Waals surface area (Å²) < 4.78 is 25.3. The van der Waals surface area contributed by atoms with Crippen LogP contribution in [0.4, 0.5) is 8.78 Å². The first-order chi connectivity index (χ1) is 7.06. The molecule has 0 saturated heterocycles. The molecule has 1 rings (SSSR count). The summed E-state index contributed by atoms with van der Waals surface area (Å²) in [5.41, 5.74) is 0.113. The van der Waals surface area contributed by atoms with Crippen molar-refractivity contribution in [3.63, 3.8) is 0 Å². The molecule has 0 heterocycles. The van der Waals surface area contributed by atoms with E-state index in [0.717, 1.165) is 0 Å². The summed E-state index contributed by atoms with van der Waals surface area (Å²) in [6, 6.07) is 4.55. The Balaban J connectivity index is 3.06. The minimum absolute atomic E-state index is 0.0719.